The fourth-order valence-electron chi connectivity index (χ4n) is 3.12. The summed E-state index contributed by atoms with van der Waals surface area (Å²) in [6, 6.07) is 7.35. The van der Waals surface area contributed by atoms with Crippen molar-refractivity contribution >= 4 is 23.6 Å². The Labute approximate surface area is 220 Å². The Morgan fingerprint density at radius 3 is 2.50 bits per heavy atom. The minimum absolute atomic E-state index is 0.0336. The number of fused-ring (bicyclic) bond motifs is 1. The number of amides is 2. The summed E-state index contributed by atoms with van der Waals surface area (Å²) in [5.41, 5.74) is 0. The van der Waals surface area contributed by atoms with Crippen LogP contribution in [-0.2, 0) is 14.5 Å². The van der Waals surface area contributed by atoms with Gasteiger partial charge in [0.05, 0.1) is 6.10 Å². The molecule has 38 heavy (non-hydrogen) atoms. The summed E-state index contributed by atoms with van der Waals surface area (Å²) in [6.45, 7) is 2.60. The van der Waals surface area contributed by atoms with Gasteiger partial charge in [0.15, 0.2) is 19.0 Å². The number of thioether (sulfide) groups is 1. The van der Waals surface area contributed by atoms with Crippen molar-refractivity contribution in [1.82, 2.24) is 10.6 Å². The van der Waals surface area contributed by atoms with Crippen LogP contribution in [0.2, 0.25) is 0 Å². The summed E-state index contributed by atoms with van der Waals surface area (Å²) in [5, 5.41) is 15.3. The van der Waals surface area contributed by atoms with Crippen LogP contribution in [0.1, 0.15) is 6.42 Å². The molecule has 1 aliphatic rings. The molecule has 0 saturated carbocycles. The highest BCUT2D eigenvalue weighted by Gasteiger charge is 2.41. The molecular weight excluding hydrogens is 533 g/mol. The smallest absolute Gasteiger partial charge is 0.484 e. The molecule has 2 aromatic carbocycles. The number of carbonyl (C=O) groups excluding carboxylic acids is 2. The van der Waals surface area contributed by atoms with E-state index in [9.17, 15) is 27.9 Å². The van der Waals surface area contributed by atoms with Gasteiger partial charge in [0, 0.05) is 29.6 Å². The first-order valence-electron chi connectivity index (χ1n) is 11.1. The molecule has 0 aromatic heterocycles. The van der Waals surface area contributed by atoms with Crippen LogP contribution in [0.3, 0.4) is 0 Å². The Bertz CT molecular complexity index is 1150. The third kappa shape index (κ3) is 8.75. The van der Waals surface area contributed by atoms with E-state index in [1.54, 1.807) is 18.4 Å². The Morgan fingerprint density at radius 1 is 1.13 bits per heavy atom. The first-order chi connectivity index (χ1) is 18.1. The summed E-state index contributed by atoms with van der Waals surface area (Å²) in [4.78, 5) is 32.8. The molecule has 0 aliphatic carbocycles. The third-order valence-electron chi connectivity index (χ3n) is 4.93. The molecule has 0 fully saturated rings. The average Bonchev–Trinajstić information content (AvgIpc) is 2.88. The van der Waals surface area contributed by atoms with Crippen molar-refractivity contribution in [1.29, 1.82) is 0 Å². The topological polar surface area (TPSA) is 125 Å². The largest absolute Gasteiger partial charge is 0.571 e. The standard InChI is InChI=1S/C24H25F3N2O8S/c1-3-14(29-23(32)13-34-16-5-7-21(38-2)18(25)9-16)8-15(30)11-28-22(31)12-33-17-4-6-19-20(10-17)35-24(26,27)37-36-19/h3-7,9-10,14-15,30H,1,8,11-13H2,2H3,(H,28,31)(H,29,32). The van der Waals surface area contributed by atoms with E-state index in [1.807, 2.05) is 0 Å². The molecule has 10 nitrogen and oxygen atoms in total. The van der Waals surface area contributed by atoms with Crippen LogP contribution in [-0.4, -0.2) is 61.4 Å². The molecule has 0 radical (unpaired) electrons. The summed E-state index contributed by atoms with van der Waals surface area (Å²) >= 11 is 1.24. The SMILES string of the molecule is C=CC(CC(O)CNC(=O)COc1ccc2c(c1)OC(F)(F)OO2)NC(=O)COc1ccc(SC)c(F)c1. The highest BCUT2D eigenvalue weighted by Crippen LogP contribution is 2.39. The van der Waals surface area contributed by atoms with Crippen LogP contribution >= 0.6 is 11.8 Å². The zero-order valence-electron chi connectivity index (χ0n) is 20.1. The number of hydrogen-bond donors (Lipinski definition) is 3. The number of alkyl halides is 2. The Balaban J connectivity index is 1.37. The number of halogens is 3. The van der Waals surface area contributed by atoms with Gasteiger partial charge in [-0.05, 0) is 36.9 Å². The minimum atomic E-state index is -3.96. The molecule has 14 heteroatoms. The fourth-order valence-corrected chi connectivity index (χ4v) is 3.58. The number of carbonyl (C=O) groups is 2. The summed E-state index contributed by atoms with van der Waals surface area (Å²) < 4.78 is 54.9. The summed E-state index contributed by atoms with van der Waals surface area (Å²) in [7, 11) is 0. The van der Waals surface area contributed by atoms with Crippen LogP contribution in [0.4, 0.5) is 13.2 Å². The van der Waals surface area contributed by atoms with E-state index in [4.69, 9.17) is 9.47 Å². The number of aliphatic hydroxyl groups is 1. The van der Waals surface area contributed by atoms with Crippen molar-refractivity contribution in [2.45, 2.75) is 29.8 Å². The molecule has 2 aromatic rings. The quantitative estimate of drug-likeness (QED) is 0.193. The lowest BCUT2D eigenvalue weighted by Crippen LogP contribution is -2.42. The zero-order chi connectivity index (χ0) is 27.7. The molecule has 206 valence electrons. The number of hydrogen-bond acceptors (Lipinski definition) is 9. The van der Waals surface area contributed by atoms with E-state index < -0.39 is 42.7 Å². The van der Waals surface area contributed by atoms with Gasteiger partial charge in [-0.1, -0.05) is 11.0 Å². The molecule has 0 spiro atoms. The van der Waals surface area contributed by atoms with Crippen molar-refractivity contribution in [3.63, 3.8) is 0 Å². The van der Waals surface area contributed by atoms with Gasteiger partial charge in [-0.2, -0.15) is 0 Å². The Kier molecular flexibility index (Phi) is 10.1. The number of nitrogens with one attached hydrogen (secondary N) is 2. The van der Waals surface area contributed by atoms with E-state index in [0.29, 0.717) is 4.90 Å². The first kappa shape index (κ1) is 28.9. The van der Waals surface area contributed by atoms with Crippen LogP contribution in [0, 0.1) is 5.82 Å². The highest BCUT2D eigenvalue weighted by molar-refractivity contribution is 7.98. The first-order valence-corrected chi connectivity index (χ1v) is 12.3. The summed E-state index contributed by atoms with van der Waals surface area (Å²) in [6.07, 6.45) is -1.83. The minimum Gasteiger partial charge on any atom is -0.484 e. The molecule has 2 unspecified atom stereocenters. The second kappa shape index (κ2) is 13.3. The third-order valence-corrected chi connectivity index (χ3v) is 5.70. The van der Waals surface area contributed by atoms with Gasteiger partial charge >= 0.3 is 6.29 Å². The molecule has 3 N–H and O–H groups in total. The van der Waals surface area contributed by atoms with Crippen molar-refractivity contribution in [2.75, 3.05) is 26.0 Å². The van der Waals surface area contributed by atoms with Crippen LogP contribution in [0.5, 0.6) is 23.0 Å². The van der Waals surface area contributed by atoms with Gasteiger partial charge in [0.1, 0.15) is 17.3 Å². The van der Waals surface area contributed by atoms with Gasteiger partial charge in [0.2, 0.25) is 5.75 Å². The molecular formula is C24H25F3N2O8S. The molecule has 0 saturated heterocycles. The van der Waals surface area contributed by atoms with E-state index in [2.05, 4.69) is 31.7 Å². The normalized spacial score (nSPS) is 15.1. The van der Waals surface area contributed by atoms with Gasteiger partial charge in [-0.25, -0.2) is 4.39 Å². The maximum Gasteiger partial charge on any atom is 0.571 e. The number of benzene rings is 2. The maximum absolute atomic E-state index is 13.8. The molecule has 0 bridgehead atoms. The number of aliphatic hydroxyl groups excluding tert-OH is 1. The predicted molar refractivity (Wildman–Crippen MR) is 129 cm³/mol. The highest BCUT2D eigenvalue weighted by atomic mass is 32.2. The van der Waals surface area contributed by atoms with Gasteiger partial charge < -0.3 is 34.8 Å². The van der Waals surface area contributed by atoms with Gasteiger partial charge in [0.25, 0.3) is 11.8 Å². The molecule has 1 heterocycles. The second-order valence-electron chi connectivity index (χ2n) is 7.82. The van der Waals surface area contributed by atoms with E-state index >= 15 is 0 Å². The maximum atomic E-state index is 13.8. The van der Waals surface area contributed by atoms with Gasteiger partial charge in [-0.3, -0.25) is 9.59 Å². The predicted octanol–water partition coefficient (Wildman–Crippen LogP) is 2.80. The van der Waals surface area contributed by atoms with Crippen LogP contribution in [0.25, 0.3) is 0 Å². The van der Waals surface area contributed by atoms with Crippen LogP contribution in [0.15, 0.2) is 53.9 Å². The van der Waals surface area contributed by atoms with Crippen molar-refractivity contribution in [3.8, 4) is 23.0 Å². The van der Waals surface area contributed by atoms with Crippen LogP contribution < -0.4 is 29.7 Å². The molecule has 2 atom stereocenters. The second-order valence-corrected chi connectivity index (χ2v) is 8.67. The molecule has 3 rings (SSSR count). The number of ether oxygens (including phenoxy) is 3. The van der Waals surface area contributed by atoms with Gasteiger partial charge in [-0.15, -0.1) is 27.1 Å². The van der Waals surface area contributed by atoms with Crippen molar-refractivity contribution in [3.05, 3.63) is 54.9 Å². The Hall–Kier alpha value is -3.62. The lowest BCUT2D eigenvalue weighted by atomic mass is 10.1. The zero-order valence-corrected chi connectivity index (χ0v) is 20.9. The molecule has 2 amide bonds. The summed E-state index contributed by atoms with van der Waals surface area (Å²) in [5.74, 6) is -1.75. The van der Waals surface area contributed by atoms with Crippen molar-refractivity contribution < 1.29 is 51.9 Å². The monoisotopic (exact) mass is 558 g/mol. The Morgan fingerprint density at radius 2 is 1.82 bits per heavy atom. The van der Waals surface area contributed by atoms with E-state index in [-0.39, 0.29) is 42.6 Å². The lowest BCUT2D eigenvalue weighted by molar-refractivity contribution is -0.476. The fraction of sp³-hybridized carbons (Fsp3) is 0.333. The van der Waals surface area contributed by atoms with E-state index in [0.717, 1.165) is 6.07 Å². The average molecular weight is 559 g/mol. The lowest BCUT2D eigenvalue weighted by Gasteiger charge is -2.23. The number of rotatable bonds is 13. The van der Waals surface area contributed by atoms with E-state index in [1.165, 1.54) is 36.0 Å². The molecule has 1 aliphatic heterocycles. The van der Waals surface area contributed by atoms with Crippen molar-refractivity contribution in [2.24, 2.45) is 0 Å².